The Morgan fingerprint density at radius 1 is 0.875 bits per heavy atom. The Kier molecular flexibility index (Phi) is 3.42. The van der Waals surface area contributed by atoms with Gasteiger partial charge in [-0.05, 0) is 35.7 Å². The van der Waals surface area contributed by atoms with Crippen molar-refractivity contribution < 1.29 is 5.11 Å². The fraction of sp³-hybridized carbons (Fsp3) is 0.143. The summed E-state index contributed by atoms with van der Waals surface area (Å²) in [6, 6.07) is 16.2. The molecule has 0 saturated carbocycles. The minimum atomic E-state index is -0.404. The van der Waals surface area contributed by atoms with Gasteiger partial charge in [-0.1, -0.05) is 52.3 Å². The maximum absolute atomic E-state index is 9.42. The van der Waals surface area contributed by atoms with Crippen LogP contribution in [0.2, 0.25) is 0 Å². The molecule has 0 bridgehead atoms. The molecule has 0 aromatic heterocycles. The van der Waals surface area contributed by atoms with Gasteiger partial charge in [0, 0.05) is 4.47 Å². The molecule has 1 N–H and O–H groups in total. The summed E-state index contributed by atoms with van der Waals surface area (Å²) < 4.78 is 1.08. The molecular formula is C14H13BrO. The summed E-state index contributed by atoms with van der Waals surface area (Å²) in [5.41, 5.74) is 3.29. The van der Waals surface area contributed by atoms with Crippen molar-refractivity contribution in [2.45, 2.75) is 13.0 Å². The maximum atomic E-state index is 9.42. The second-order valence-electron chi connectivity index (χ2n) is 3.80. The zero-order valence-corrected chi connectivity index (χ0v) is 10.6. The summed E-state index contributed by atoms with van der Waals surface area (Å²) >= 11 is 3.42. The molecule has 2 rings (SSSR count). The van der Waals surface area contributed by atoms with E-state index in [1.54, 1.807) is 6.92 Å². The van der Waals surface area contributed by atoms with Crippen LogP contribution < -0.4 is 0 Å². The molecule has 2 aromatic carbocycles. The van der Waals surface area contributed by atoms with Gasteiger partial charge in [-0.15, -0.1) is 0 Å². The predicted octanol–water partition coefficient (Wildman–Crippen LogP) is 4.17. The van der Waals surface area contributed by atoms with Crippen LogP contribution in [0.3, 0.4) is 0 Å². The smallest absolute Gasteiger partial charge is 0.0761 e. The highest BCUT2D eigenvalue weighted by molar-refractivity contribution is 9.10. The Morgan fingerprint density at radius 3 is 1.75 bits per heavy atom. The van der Waals surface area contributed by atoms with E-state index in [1.165, 1.54) is 5.56 Å². The molecule has 0 aliphatic carbocycles. The first-order valence-electron chi connectivity index (χ1n) is 5.21. The van der Waals surface area contributed by atoms with Crippen molar-refractivity contribution in [1.82, 2.24) is 0 Å². The van der Waals surface area contributed by atoms with Gasteiger partial charge in [-0.25, -0.2) is 0 Å². The minimum Gasteiger partial charge on any atom is -0.389 e. The molecule has 1 nitrogen and oxygen atoms in total. The van der Waals surface area contributed by atoms with Crippen LogP contribution in [0, 0.1) is 0 Å². The number of rotatable bonds is 2. The Hall–Kier alpha value is -1.12. The summed E-state index contributed by atoms with van der Waals surface area (Å²) in [6.45, 7) is 1.77. The average Bonchev–Trinajstić information content (AvgIpc) is 2.30. The van der Waals surface area contributed by atoms with Crippen molar-refractivity contribution >= 4 is 15.9 Å². The van der Waals surface area contributed by atoms with Gasteiger partial charge < -0.3 is 5.11 Å². The lowest BCUT2D eigenvalue weighted by atomic mass is 10.0. The fourth-order valence-corrected chi connectivity index (χ4v) is 1.86. The second kappa shape index (κ2) is 4.81. The van der Waals surface area contributed by atoms with Crippen LogP contribution in [-0.2, 0) is 0 Å². The third kappa shape index (κ3) is 2.52. The Labute approximate surface area is 104 Å². The average molecular weight is 277 g/mol. The standard InChI is InChI=1S/C14H13BrO/c1-10(16)11-2-4-12(5-3-11)13-6-8-14(15)9-7-13/h2-10,16H,1H3/t10-/m0/s1. The SMILES string of the molecule is C[C@H](O)c1ccc(-c2ccc(Br)cc2)cc1. The van der Waals surface area contributed by atoms with E-state index in [4.69, 9.17) is 0 Å². The summed E-state index contributed by atoms with van der Waals surface area (Å²) in [5.74, 6) is 0. The molecular weight excluding hydrogens is 264 g/mol. The van der Waals surface area contributed by atoms with Crippen LogP contribution in [0.1, 0.15) is 18.6 Å². The topological polar surface area (TPSA) is 20.2 Å². The molecule has 2 heteroatoms. The Balaban J connectivity index is 2.31. The molecule has 0 spiro atoms. The van der Waals surface area contributed by atoms with Crippen LogP contribution in [0.15, 0.2) is 53.0 Å². The molecule has 0 aliphatic rings. The van der Waals surface area contributed by atoms with Gasteiger partial charge in [-0.3, -0.25) is 0 Å². The first-order chi connectivity index (χ1) is 7.66. The molecule has 0 saturated heterocycles. The molecule has 0 amide bonds. The highest BCUT2D eigenvalue weighted by atomic mass is 79.9. The van der Waals surface area contributed by atoms with E-state index in [1.807, 2.05) is 36.4 Å². The van der Waals surface area contributed by atoms with Gasteiger partial charge in [-0.2, -0.15) is 0 Å². The van der Waals surface area contributed by atoms with Crippen LogP contribution in [0.25, 0.3) is 11.1 Å². The van der Waals surface area contributed by atoms with Gasteiger partial charge in [0.1, 0.15) is 0 Å². The summed E-state index contributed by atoms with van der Waals surface area (Å²) in [5, 5.41) is 9.42. The molecule has 2 aromatic rings. The fourth-order valence-electron chi connectivity index (χ4n) is 1.60. The molecule has 16 heavy (non-hydrogen) atoms. The number of aliphatic hydroxyl groups excluding tert-OH is 1. The minimum absolute atomic E-state index is 0.404. The van der Waals surface area contributed by atoms with E-state index < -0.39 is 6.10 Å². The number of aliphatic hydroxyl groups is 1. The van der Waals surface area contributed by atoms with Crippen molar-refractivity contribution in [3.05, 3.63) is 58.6 Å². The monoisotopic (exact) mass is 276 g/mol. The Bertz CT molecular complexity index is 457. The summed E-state index contributed by atoms with van der Waals surface area (Å²) in [6.07, 6.45) is -0.404. The molecule has 1 atom stereocenters. The van der Waals surface area contributed by atoms with Crippen LogP contribution in [0.5, 0.6) is 0 Å². The van der Waals surface area contributed by atoms with Crippen LogP contribution in [-0.4, -0.2) is 5.11 Å². The number of hydrogen-bond donors (Lipinski definition) is 1. The molecule has 0 fully saturated rings. The Morgan fingerprint density at radius 2 is 1.31 bits per heavy atom. The molecule has 0 radical (unpaired) electrons. The van der Waals surface area contributed by atoms with E-state index in [9.17, 15) is 5.11 Å². The van der Waals surface area contributed by atoms with Gasteiger partial charge in [0.2, 0.25) is 0 Å². The first-order valence-corrected chi connectivity index (χ1v) is 6.00. The van der Waals surface area contributed by atoms with Crippen molar-refractivity contribution in [1.29, 1.82) is 0 Å². The lowest BCUT2D eigenvalue weighted by Crippen LogP contribution is -1.89. The third-order valence-corrected chi connectivity index (χ3v) is 3.10. The van der Waals surface area contributed by atoms with E-state index in [0.29, 0.717) is 0 Å². The lowest BCUT2D eigenvalue weighted by Gasteiger charge is -2.06. The summed E-state index contributed by atoms with van der Waals surface area (Å²) in [4.78, 5) is 0. The molecule has 0 unspecified atom stereocenters. The van der Waals surface area contributed by atoms with Crippen molar-refractivity contribution in [2.24, 2.45) is 0 Å². The van der Waals surface area contributed by atoms with E-state index in [0.717, 1.165) is 15.6 Å². The molecule has 82 valence electrons. The second-order valence-corrected chi connectivity index (χ2v) is 4.72. The van der Waals surface area contributed by atoms with Crippen LogP contribution in [0.4, 0.5) is 0 Å². The zero-order valence-electron chi connectivity index (χ0n) is 9.02. The summed E-state index contributed by atoms with van der Waals surface area (Å²) in [7, 11) is 0. The van der Waals surface area contributed by atoms with E-state index in [-0.39, 0.29) is 0 Å². The normalized spacial score (nSPS) is 12.4. The predicted molar refractivity (Wildman–Crippen MR) is 70.2 cm³/mol. The van der Waals surface area contributed by atoms with Gasteiger partial charge in [0.15, 0.2) is 0 Å². The number of hydrogen-bond acceptors (Lipinski definition) is 1. The molecule has 0 heterocycles. The number of benzene rings is 2. The van der Waals surface area contributed by atoms with E-state index >= 15 is 0 Å². The zero-order chi connectivity index (χ0) is 11.5. The highest BCUT2D eigenvalue weighted by Gasteiger charge is 2.01. The maximum Gasteiger partial charge on any atom is 0.0761 e. The quantitative estimate of drug-likeness (QED) is 0.873. The lowest BCUT2D eigenvalue weighted by molar-refractivity contribution is 0.199. The van der Waals surface area contributed by atoms with E-state index in [2.05, 4.69) is 28.1 Å². The third-order valence-electron chi connectivity index (χ3n) is 2.57. The number of halogens is 1. The highest BCUT2D eigenvalue weighted by Crippen LogP contribution is 2.23. The van der Waals surface area contributed by atoms with Crippen LogP contribution >= 0.6 is 15.9 Å². The van der Waals surface area contributed by atoms with Gasteiger partial charge in [0.25, 0.3) is 0 Å². The van der Waals surface area contributed by atoms with Gasteiger partial charge >= 0.3 is 0 Å². The first kappa shape index (κ1) is 11.4. The van der Waals surface area contributed by atoms with Crippen molar-refractivity contribution in [2.75, 3.05) is 0 Å². The largest absolute Gasteiger partial charge is 0.389 e. The molecule has 0 aliphatic heterocycles. The van der Waals surface area contributed by atoms with Crippen molar-refractivity contribution in [3.8, 4) is 11.1 Å². The van der Waals surface area contributed by atoms with Crippen molar-refractivity contribution in [3.63, 3.8) is 0 Å². The van der Waals surface area contributed by atoms with Gasteiger partial charge in [0.05, 0.1) is 6.10 Å².